The lowest BCUT2D eigenvalue weighted by Crippen LogP contribution is -2.50. The SMILES string of the molecule is O=C(CN1CCN(S(=O)(=O)c2ccc(Cl)cc2)CC1)Nc1ccc(Br)cc1. The quantitative estimate of drug-likeness (QED) is 0.726. The molecule has 0 bridgehead atoms. The number of sulfonamides is 1. The van der Waals surface area contributed by atoms with Crippen LogP contribution in [0, 0.1) is 0 Å². The van der Waals surface area contributed by atoms with Crippen molar-refractivity contribution in [2.45, 2.75) is 4.90 Å². The molecule has 1 fully saturated rings. The number of carbonyl (C=O) groups is 1. The molecule has 1 aliphatic heterocycles. The van der Waals surface area contributed by atoms with Gasteiger partial charge in [0.2, 0.25) is 15.9 Å². The molecule has 0 spiro atoms. The second-order valence-corrected chi connectivity index (χ2v) is 9.48. The Labute approximate surface area is 172 Å². The summed E-state index contributed by atoms with van der Waals surface area (Å²) in [4.78, 5) is 14.4. The van der Waals surface area contributed by atoms with E-state index in [9.17, 15) is 13.2 Å². The zero-order chi connectivity index (χ0) is 19.4. The predicted octanol–water partition coefficient (Wildman–Crippen LogP) is 3.05. The monoisotopic (exact) mass is 471 g/mol. The summed E-state index contributed by atoms with van der Waals surface area (Å²) in [6, 6.07) is 13.5. The Morgan fingerprint density at radius 3 is 2.19 bits per heavy atom. The number of anilines is 1. The van der Waals surface area contributed by atoms with Gasteiger partial charge in [-0.2, -0.15) is 4.31 Å². The molecule has 0 atom stereocenters. The Kier molecular flexibility index (Phi) is 6.54. The van der Waals surface area contributed by atoms with Crippen LogP contribution in [0.15, 0.2) is 57.9 Å². The Balaban J connectivity index is 1.53. The van der Waals surface area contributed by atoms with Crippen LogP contribution in [0.2, 0.25) is 5.02 Å². The molecule has 1 heterocycles. The summed E-state index contributed by atoms with van der Waals surface area (Å²) >= 11 is 9.18. The normalized spacial score (nSPS) is 16.2. The molecule has 0 aromatic heterocycles. The van der Waals surface area contributed by atoms with Crippen molar-refractivity contribution in [2.24, 2.45) is 0 Å². The molecule has 144 valence electrons. The van der Waals surface area contributed by atoms with Gasteiger partial charge < -0.3 is 5.32 Å². The minimum atomic E-state index is -3.54. The highest BCUT2D eigenvalue weighted by molar-refractivity contribution is 9.10. The molecule has 0 unspecified atom stereocenters. The van der Waals surface area contributed by atoms with Gasteiger partial charge in [0.25, 0.3) is 0 Å². The molecule has 2 aromatic rings. The van der Waals surface area contributed by atoms with Crippen molar-refractivity contribution in [3.63, 3.8) is 0 Å². The molecule has 1 N–H and O–H groups in total. The van der Waals surface area contributed by atoms with E-state index in [-0.39, 0.29) is 17.3 Å². The summed E-state index contributed by atoms with van der Waals surface area (Å²) in [5.74, 6) is -0.119. The molecule has 9 heteroatoms. The lowest BCUT2D eigenvalue weighted by Gasteiger charge is -2.33. The third kappa shape index (κ3) is 5.30. The highest BCUT2D eigenvalue weighted by Crippen LogP contribution is 2.20. The van der Waals surface area contributed by atoms with E-state index < -0.39 is 10.0 Å². The number of piperazine rings is 1. The summed E-state index contributed by atoms with van der Waals surface area (Å²) in [5.41, 5.74) is 0.729. The van der Waals surface area contributed by atoms with Crippen molar-refractivity contribution in [3.05, 3.63) is 58.0 Å². The van der Waals surface area contributed by atoms with Crippen LogP contribution < -0.4 is 5.32 Å². The maximum atomic E-state index is 12.7. The molecule has 2 aromatic carbocycles. The van der Waals surface area contributed by atoms with Gasteiger partial charge in [-0.1, -0.05) is 27.5 Å². The fraction of sp³-hybridized carbons (Fsp3) is 0.278. The van der Waals surface area contributed by atoms with Crippen molar-refractivity contribution in [1.29, 1.82) is 0 Å². The molecule has 0 aliphatic carbocycles. The topological polar surface area (TPSA) is 69.7 Å². The average molecular weight is 473 g/mol. The van der Waals surface area contributed by atoms with E-state index in [0.29, 0.717) is 31.2 Å². The lowest BCUT2D eigenvalue weighted by atomic mass is 10.3. The Morgan fingerprint density at radius 1 is 1.00 bits per heavy atom. The summed E-state index contributed by atoms with van der Waals surface area (Å²) in [5, 5.41) is 3.34. The van der Waals surface area contributed by atoms with Gasteiger partial charge >= 0.3 is 0 Å². The summed E-state index contributed by atoms with van der Waals surface area (Å²) < 4.78 is 27.7. The van der Waals surface area contributed by atoms with E-state index in [1.54, 1.807) is 12.1 Å². The first-order chi connectivity index (χ1) is 12.8. The number of hydrogen-bond acceptors (Lipinski definition) is 4. The number of nitrogens with zero attached hydrogens (tertiary/aromatic N) is 2. The van der Waals surface area contributed by atoms with Crippen LogP contribution in [0.4, 0.5) is 5.69 Å². The highest BCUT2D eigenvalue weighted by Gasteiger charge is 2.29. The number of carbonyl (C=O) groups excluding carboxylic acids is 1. The lowest BCUT2D eigenvalue weighted by molar-refractivity contribution is -0.117. The fourth-order valence-electron chi connectivity index (χ4n) is 2.82. The zero-order valence-electron chi connectivity index (χ0n) is 14.4. The summed E-state index contributed by atoms with van der Waals surface area (Å²) in [7, 11) is -3.54. The van der Waals surface area contributed by atoms with Gasteiger partial charge in [-0.3, -0.25) is 9.69 Å². The number of halogens is 2. The first kappa shape index (κ1) is 20.3. The second kappa shape index (κ2) is 8.70. The first-order valence-corrected chi connectivity index (χ1v) is 11.0. The van der Waals surface area contributed by atoms with Gasteiger partial charge in [0.05, 0.1) is 11.4 Å². The standard InChI is InChI=1S/C18H19BrClN3O3S/c19-14-1-5-16(6-2-14)21-18(24)13-22-9-11-23(12-10-22)27(25,26)17-7-3-15(20)4-8-17/h1-8H,9-13H2,(H,21,24). The third-order valence-electron chi connectivity index (χ3n) is 4.28. The summed E-state index contributed by atoms with van der Waals surface area (Å²) in [6.07, 6.45) is 0. The molecule has 6 nitrogen and oxygen atoms in total. The van der Waals surface area contributed by atoms with Crippen molar-refractivity contribution in [2.75, 3.05) is 38.0 Å². The Bertz CT molecular complexity index is 896. The van der Waals surface area contributed by atoms with Gasteiger partial charge in [-0.15, -0.1) is 0 Å². The number of nitrogens with one attached hydrogen (secondary N) is 1. The van der Waals surface area contributed by atoms with Crippen LogP contribution in [0.3, 0.4) is 0 Å². The van der Waals surface area contributed by atoms with Crippen LogP contribution >= 0.6 is 27.5 Å². The second-order valence-electron chi connectivity index (χ2n) is 6.19. The third-order valence-corrected chi connectivity index (χ3v) is 6.97. The Hall–Kier alpha value is -1.45. The van der Waals surface area contributed by atoms with Gasteiger partial charge in [-0.25, -0.2) is 8.42 Å². The molecule has 1 saturated heterocycles. The number of benzene rings is 2. The van der Waals surface area contributed by atoms with E-state index in [1.807, 2.05) is 29.2 Å². The van der Waals surface area contributed by atoms with E-state index in [4.69, 9.17) is 11.6 Å². The maximum absolute atomic E-state index is 12.7. The molecule has 1 aliphatic rings. The molecule has 1 amide bonds. The van der Waals surface area contributed by atoms with Crippen molar-refractivity contribution >= 4 is 49.1 Å². The molecule has 27 heavy (non-hydrogen) atoms. The smallest absolute Gasteiger partial charge is 0.243 e. The van der Waals surface area contributed by atoms with Gasteiger partial charge in [0.1, 0.15) is 0 Å². The summed E-state index contributed by atoms with van der Waals surface area (Å²) in [6.45, 7) is 1.92. The molecular formula is C18H19BrClN3O3S. The van der Waals surface area contributed by atoms with Crippen LogP contribution in [-0.2, 0) is 14.8 Å². The van der Waals surface area contributed by atoms with E-state index in [1.165, 1.54) is 16.4 Å². The maximum Gasteiger partial charge on any atom is 0.243 e. The largest absolute Gasteiger partial charge is 0.325 e. The highest BCUT2D eigenvalue weighted by atomic mass is 79.9. The fourth-order valence-corrected chi connectivity index (χ4v) is 4.63. The zero-order valence-corrected chi connectivity index (χ0v) is 17.6. The van der Waals surface area contributed by atoms with Gasteiger partial charge in [0.15, 0.2) is 0 Å². The predicted molar refractivity (Wildman–Crippen MR) is 109 cm³/mol. The molecule has 0 saturated carbocycles. The molecule has 3 rings (SSSR count). The Morgan fingerprint density at radius 2 is 1.59 bits per heavy atom. The minimum absolute atomic E-state index is 0.119. The van der Waals surface area contributed by atoms with Crippen LogP contribution in [0.5, 0.6) is 0 Å². The first-order valence-electron chi connectivity index (χ1n) is 8.38. The minimum Gasteiger partial charge on any atom is -0.325 e. The van der Waals surface area contributed by atoms with Gasteiger partial charge in [0, 0.05) is 41.4 Å². The van der Waals surface area contributed by atoms with Gasteiger partial charge in [-0.05, 0) is 48.5 Å². The van der Waals surface area contributed by atoms with Crippen molar-refractivity contribution in [3.8, 4) is 0 Å². The number of rotatable bonds is 5. The molecule has 0 radical (unpaired) electrons. The van der Waals surface area contributed by atoms with Crippen LogP contribution in [0.1, 0.15) is 0 Å². The number of hydrogen-bond donors (Lipinski definition) is 1. The van der Waals surface area contributed by atoms with Crippen molar-refractivity contribution in [1.82, 2.24) is 9.21 Å². The van der Waals surface area contributed by atoms with E-state index in [0.717, 1.165) is 10.2 Å². The number of amides is 1. The molecular weight excluding hydrogens is 454 g/mol. The van der Waals surface area contributed by atoms with Crippen LogP contribution in [-0.4, -0.2) is 56.3 Å². The van der Waals surface area contributed by atoms with Crippen LogP contribution in [0.25, 0.3) is 0 Å². The average Bonchev–Trinajstić information content (AvgIpc) is 2.64. The van der Waals surface area contributed by atoms with E-state index in [2.05, 4.69) is 21.2 Å². The van der Waals surface area contributed by atoms with E-state index >= 15 is 0 Å². The van der Waals surface area contributed by atoms with Crippen molar-refractivity contribution < 1.29 is 13.2 Å².